The van der Waals surface area contributed by atoms with E-state index in [1.54, 1.807) is 0 Å². The summed E-state index contributed by atoms with van der Waals surface area (Å²) in [5, 5.41) is 0.668. The van der Waals surface area contributed by atoms with E-state index in [9.17, 15) is 0 Å². The van der Waals surface area contributed by atoms with Crippen LogP contribution in [-0.4, -0.2) is 12.6 Å². The van der Waals surface area contributed by atoms with Gasteiger partial charge in [0, 0.05) is 12.0 Å². The van der Waals surface area contributed by atoms with Crippen LogP contribution in [0.1, 0.15) is 46.1 Å². The maximum Gasteiger partial charge on any atom is 0.138 e. The average Bonchev–Trinajstić information content (AvgIpc) is 2.35. The van der Waals surface area contributed by atoms with Crippen LogP contribution < -0.4 is 10.5 Å². The van der Waals surface area contributed by atoms with E-state index in [-0.39, 0.29) is 11.5 Å². The molecule has 0 bridgehead atoms. The lowest BCUT2D eigenvalue weighted by atomic mass is 9.76. The van der Waals surface area contributed by atoms with E-state index in [0.717, 1.165) is 18.6 Å². The molecule has 1 rings (SSSR count). The summed E-state index contributed by atoms with van der Waals surface area (Å²) in [7, 11) is 0. The summed E-state index contributed by atoms with van der Waals surface area (Å²) in [5.41, 5.74) is 7.19. The molecule has 2 nitrogen and oxygen atoms in total. The molecule has 0 atom stereocenters. The Kier molecular flexibility index (Phi) is 5.48. The third-order valence-corrected chi connectivity index (χ3v) is 3.95. The molecule has 0 heterocycles. The molecule has 0 saturated heterocycles. The molecule has 0 aromatic heterocycles. The molecule has 1 aromatic carbocycles. The fourth-order valence-corrected chi connectivity index (χ4v) is 2.47. The number of halogens is 1. The predicted octanol–water partition coefficient (Wildman–Crippen LogP) is 4.14. The van der Waals surface area contributed by atoms with E-state index in [1.165, 1.54) is 5.56 Å². The Morgan fingerprint density at radius 3 is 2.28 bits per heavy atom. The molecular weight excluding hydrogens is 246 g/mol. The van der Waals surface area contributed by atoms with Crippen LogP contribution in [0.5, 0.6) is 5.75 Å². The summed E-state index contributed by atoms with van der Waals surface area (Å²) in [5.74, 6) is 0.744. The Morgan fingerprint density at radius 2 is 1.89 bits per heavy atom. The molecule has 0 radical (unpaired) electrons. The van der Waals surface area contributed by atoms with Gasteiger partial charge in [-0.25, -0.2) is 0 Å². The van der Waals surface area contributed by atoms with Crippen molar-refractivity contribution >= 4 is 11.6 Å². The monoisotopic (exact) mass is 269 g/mol. The van der Waals surface area contributed by atoms with Crippen molar-refractivity contribution in [2.75, 3.05) is 6.54 Å². The van der Waals surface area contributed by atoms with Gasteiger partial charge in [0.05, 0.1) is 11.1 Å². The fraction of sp³-hybridized carbons (Fsp3) is 0.600. The Morgan fingerprint density at radius 1 is 1.28 bits per heavy atom. The molecular formula is C15H24ClNO. The van der Waals surface area contributed by atoms with Crippen LogP contribution in [0.4, 0.5) is 0 Å². The number of rotatable bonds is 6. The molecule has 0 spiro atoms. The van der Waals surface area contributed by atoms with E-state index >= 15 is 0 Å². The molecule has 0 aliphatic carbocycles. The highest BCUT2D eigenvalue weighted by atomic mass is 35.5. The first-order chi connectivity index (χ1) is 8.49. The highest BCUT2D eigenvalue weighted by Crippen LogP contribution is 2.35. The number of hydrogen-bond donors (Lipinski definition) is 1. The third kappa shape index (κ3) is 3.18. The van der Waals surface area contributed by atoms with E-state index in [2.05, 4.69) is 19.9 Å². The Labute approximate surface area is 115 Å². The second-order valence-electron chi connectivity index (χ2n) is 5.00. The number of hydrogen-bond acceptors (Lipinski definition) is 2. The molecule has 0 aliphatic rings. The van der Waals surface area contributed by atoms with Gasteiger partial charge in [0.2, 0.25) is 0 Å². The van der Waals surface area contributed by atoms with Crippen molar-refractivity contribution in [2.24, 2.45) is 5.73 Å². The number of ether oxygens (including phenoxy) is 1. The average molecular weight is 270 g/mol. The molecule has 18 heavy (non-hydrogen) atoms. The van der Waals surface area contributed by atoms with Gasteiger partial charge in [-0.05, 0) is 44.4 Å². The van der Waals surface area contributed by atoms with Gasteiger partial charge in [-0.15, -0.1) is 0 Å². The van der Waals surface area contributed by atoms with Crippen LogP contribution in [0.25, 0.3) is 0 Å². The molecule has 3 heteroatoms. The first kappa shape index (κ1) is 15.3. The normalized spacial score (nSPS) is 11.9. The lowest BCUT2D eigenvalue weighted by molar-refractivity contribution is 0.242. The molecule has 1 aromatic rings. The smallest absolute Gasteiger partial charge is 0.138 e. The summed E-state index contributed by atoms with van der Waals surface area (Å²) < 4.78 is 5.65. The van der Waals surface area contributed by atoms with Crippen molar-refractivity contribution in [1.82, 2.24) is 0 Å². The molecule has 0 fully saturated rings. The zero-order valence-corrected chi connectivity index (χ0v) is 12.6. The molecule has 0 aliphatic heterocycles. The topological polar surface area (TPSA) is 35.2 Å². The van der Waals surface area contributed by atoms with Crippen LogP contribution >= 0.6 is 11.6 Å². The summed E-state index contributed by atoms with van der Waals surface area (Å²) in [6.45, 7) is 8.96. The minimum Gasteiger partial charge on any atom is -0.489 e. The summed E-state index contributed by atoms with van der Waals surface area (Å²) in [4.78, 5) is 0. The van der Waals surface area contributed by atoms with Gasteiger partial charge in [-0.2, -0.15) is 0 Å². The quantitative estimate of drug-likeness (QED) is 0.842. The number of nitrogens with two attached hydrogens (primary N) is 1. The van der Waals surface area contributed by atoms with Crippen molar-refractivity contribution in [1.29, 1.82) is 0 Å². The van der Waals surface area contributed by atoms with Crippen molar-refractivity contribution in [3.8, 4) is 5.75 Å². The summed E-state index contributed by atoms with van der Waals surface area (Å²) in [6.07, 6.45) is 2.16. The first-order valence-electron chi connectivity index (χ1n) is 6.65. The minimum atomic E-state index is 0.0278. The van der Waals surface area contributed by atoms with Gasteiger partial charge < -0.3 is 10.5 Å². The van der Waals surface area contributed by atoms with Crippen molar-refractivity contribution in [2.45, 2.75) is 52.1 Å². The van der Waals surface area contributed by atoms with Gasteiger partial charge >= 0.3 is 0 Å². The van der Waals surface area contributed by atoms with Crippen LogP contribution in [-0.2, 0) is 5.41 Å². The van der Waals surface area contributed by atoms with E-state index < -0.39 is 0 Å². The maximum absolute atomic E-state index is 6.28. The van der Waals surface area contributed by atoms with Gasteiger partial charge in [0.15, 0.2) is 0 Å². The highest BCUT2D eigenvalue weighted by Gasteiger charge is 2.27. The first-order valence-corrected chi connectivity index (χ1v) is 7.03. The zero-order valence-electron chi connectivity index (χ0n) is 11.8. The van der Waals surface area contributed by atoms with Gasteiger partial charge in [-0.3, -0.25) is 0 Å². The SMILES string of the molecule is CCC(CC)(CN)c1ccc(OC(C)C)c(Cl)c1. The van der Waals surface area contributed by atoms with Gasteiger partial charge in [-0.1, -0.05) is 31.5 Å². The van der Waals surface area contributed by atoms with Crippen LogP contribution in [0.15, 0.2) is 18.2 Å². The highest BCUT2D eigenvalue weighted by molar-refractivity contribution is 6.32. The molecule has 102 valence electrons. The van der Waals surface area contributed by atoms with Crippen molar-refractivity contribution in [3.05, 3.63) is 28.8 Å². The Bertz CT molecular complexity index is 378. The maximum atomic E-state index is 6.28. The second-order valence-corrected chi connectivity index (χ2v) is 5.41. The van der Waals surface area contributed by atoms with Crippen LogP contribution in [0.2, 0.25) is 5.02 Å². The summed E-state index contributed by atoms with van der Waals surface area (Å²) in [6, 6.07) is 6.04. The van der Waals surface area contributed by atoms with Crippen LogP contribution in [0, 0.1) is 0 Å². The Hall–Kier alpha value is -0.730. The van der Waals surface area contributed by atoms with E-state index in [0.29, 0.717) is 11.6 Å². The fourth-order valence-electron chi connectivity index (χ4n) is 2.24. The lowest BCUT2D eigenvalue weighted by Gasteiger charge is -2.31. The molecule has 0 unspecified atom stereocenters. The van der Waals surface area contributed by atoms with Crippen molar-refractivity contribution in [3.63, 3.8) is 0 Å². The molecule has 0 amide bonds. The molecule has 0 saturated carbocycles. The molecule has 2 N–H and O–H groups in total. The largest absolute Gasteiger partial charge is 0.489 e. The summed E-state index contributed by atoms with van der Waals surface area (Å²) >= 11 is 6.28. The second kappa shape index (κ2) is 6.44. The lowest BCUT2D eigenvalue weighted by Crippen LogP contribution is -2.33. The van der Waals surface area contributed by atoms with E-state index in [4.69, 9.17) is 22.1 Å². The van der Waals surface area contributed by atoms with Gasteiger partial charge in [0.1, 0.15) is 5.75 Å². The van der Waals surface area contributed by atoms with E-state index in [1.807, 2.05) is 26.0 Å². The standard InChI is InChI=1S/C15H24ClNO/c1-5-15(6-2,10-17)12-7-8-14(13(16)9-12)18-11(3)4/h7-9,11H,5-6,10,17H2,1-4H3. The Balaban J connectivity index is 3.09. The minimum absolute atomic E-state index is 0.0278. The van der Waals surface area contributed by atoms with Gasteiger partial charge in [0.25, 0.3) is 0 Å². The predicted molar refractivity (Wildman–Crippen MR) is 78.5 cm³/mol. The third-order valence-electron chi connectivity index (χ3n) is 3.65. The van der Waals surface area contributed by atoms with Crippen molar-refractivity contribution < 1.29 is 4.74 Å². The zero-order chi connectivity index (χ0) is 13.8. The number of benzene rings is 1. The van der Waals surface area contributed by atoms with Crippen LogP contribution in [0.3, 0.4) is 0 Å².